The molecule has 158 valence electrons. The molecule has 0 aliphatic heterocycles. The van der Waals surface area contributed by atoms with Crippen LogP contribution in [-0.4, -0.2) is 37.0 Å². The molecule has 3 aromatic rings. The molecule has 3 rings (SSSR count). The van der Waals surface area contributed by atoms with Crippen LogP contribution in [0.15, 0.2) is 41.2 Å². The average molecular weight is 411 g/mol. The Morgan fingerprint density at radius 1 is 1.03 bits per heavy atom. The Morgan fingerprint density at radius 3 is 2.17 bits per heavy atom. The van der Waals surface area contributed by atoms with Crippen molar-refractivity contribution in [3.63, 3.8) is 0 Å². The van der Waals surface area contributed by atoms with Crippen LogP contribution < -0.4 is 25.1 Å². The van der Waals surface area contributed by atoms with Crippen LogP contribution in [0.1, 0.15) is 24.3 Å². The van der Waals surface area contributed by atoms with Gasteiger partial charge < -0.3 is 19.5 Å². The fourth-order valence-corrected chi connectivity index (χ4v) is 3.22. The summed E-state index contributed by atoms with van der Waals surface area (Å²) in [6.07, 6.45) is 0. The molecule has 0 bridgehead atoms. The van der Waals surface area contributed by atoms with Gasteiger partial charge >= 0.3 is 0 Å². The maximum absolute atomic E-state index is 13.1. The summed E-state index contributed by atoms with van der Waals surface area (Å²) in [6.45, 7) is 4.38. The number of ether oxygens (including phenoxy) is 3. The average Bonchev–Trinajstić information content (AvgIpc) is 2.74. The molecule has 1 aromatic heterocycles. The van der Waals surface area contributed by atoms with Crippen LogP contribution in [0.25, 0.3) is 10.8 Å². The molecule has 0 fully saturated rings. The first-order valence-corrected chi connectivity index (χ1v) is 9.50. The van der Waals surface area contributed by atoms with E-state index in [0.29, 0.717) is 40.3 Å². The first-order valence-electron chi connectivity index (χ1n) is 9.50. The molecule has 8 heteroatoms. The van der Waals surface area contributed by atoms with Gasteiger partial charge in [-0.05, 0) is 12.0 Å². The first kappa shape index (κ1) is 21.2. The van der Waals surface area contributed by atoms with Crippen LogP contribution in [-0.2, 0) is 6.54 Å². The Hall–Kier alpha value is -3.55. The Labute approximate surface area is 174 Å². The van der Waals surface area contributed by atoms with Crippen molar-refractivity contribution in [1.82, 2.24) is 9.78 Å². The predicted molar refractivity (Wildman–Crippen MR) is 115 cm³/mol. The van der Waals surface area contributed by atoms with Crippen molar-refractivity contribution in [3.05, 3.63) is 52.4 Å². The zero-order chi connectivity index (χ0) is 21.8. The smallest absolute Gasteiger partial charge is 0.276 e. The molecule has 0 aliphatic carbocycles. The summed E-state index contributed by atoms with van der Waals surface area (Å²) in [5.41, 5.74) is 0.394. The number of methoxy groups -OCH3 is 3. The number of nitrogens with zero attached hydrogens (tertiary/aromatic N) is 2. The van der Waals surface area contributed by atoms with Crippen molar-refractivity contribution in [2.75, 3.05) is 26.6 Å². The maximum atomic E-state index is 13.1. The molecule has 0 radical (unpaired) electrons. The summed E-state index contributed by atoms with van der Waals surface area (Å²) in [7, 11) is 4.51. The Bertz CT molecular complexity index is 1110. The standard InChI is InChI=1S/C22H25N3O5/c1-13(2)12-25-22(27)16-9-7-6-8-15(16)19(24-25)21(26)23-14-10-17(28-3)20(30-5)18(11-14)29-4/h6-11,13H,12H2,1-5H3,(H,23,26). The zero-order valence-electron chi connectivity index (χ0n) is 17.7. The number of anilines is 1. The minimum absolute atomic E-state index is 0.166. The number of fused-ring (bicyclic) bond motifs is 1. The van der Waals surface area contributed by atoms with E-state index in [1.165, 1.54) is 26.0 Å². The summed E-state index contributed by atoms with van der Waals surface area (Å²) in [6, 6.07) is 10.2. The number of hydrogen-bond acceptors (Lipinski definition) is 6. The highest BCUT2D eigenvalue weighted by Gasteiger charge is 2.19. The van der Waals surface area contributed by atoms with E-state index in [4.69, 9.17) is 14.2 Å². The number of rotatable bonds is 7. The van der Waals surface area contributed by atoms with E-state index in [0.717, 1.165) is 0 Å². The largest absolute Gasteiger partial charge is 0.493 e. The van der Waals surface area contributed by atoms with Crippen molar-refractivity contribution >= 4 is 22.4 Å². The van der Waals surface area contributed by atoms with Gasteiger partial charge in [0.2, 0.25) is 5.75 Å². The number of carbonyl (C=O) groups excluding carboxylic acids is 1. The Morgan fingerprint density at radius 2 is 1.63 bits per heavy atom. The summed E-state index contributed by atoms with van der Waals surface area (Å²) >= 11 is 0. The van der Waals surface area contributed by atoms with E-state index < -0.39 is 5.91 Å². The maximum Gasteiger partial charge on any atom is 0.276 e. The molecule has 30 heavy (non-hydrogen) atoms. The molecular weight excluding hydrogens is 386 g/mol. The Balaban J connectivity index is 2.08. The number of nitrogens with one attached hydrogen (secondary N) is 1. The van der Waals surface area contributed by atoms with Crippen molar-refractivity contribution in [2.24, 2.45) is 5.92 Å². The van der Waals surface area contributed by atoms with Gasteiger partial charge in [-0.1, -0.05) is 32.0 Å². The van der Waals surface area contributed by atoms with Gasteiger partial charge in [0.15, 0.2) is 17.2 Å². The van der Waals surface area contributed by atoms with Gasteiger partial charge in [-0.25, -0.2) is 4.68 Å². The van der Waals surface area contributed by atoms with E-state index in [-0.39, 0.29) is 17.2 Å². The number of benzene rings is 2. The molecule has 0 aliphatic rings. The SMILES string of the molecule is COc1cc(NC(=O)c2nn(CC(C)C)c(=O)c3ccccc23)cc(OC)c1OC. The molecule has 0 spiro atoms. The third kappa shape index (κ3) is 4.07. The van der Waals surface area contributed by atoms with Crippen LogP contribution in [0, 0.1) is 5.92 Å². The fourth-order valence-electron chi connectivity index (χ4n) is 3.22. The van der Waals surface area contributed by atoms with E-state index >= 15 is 0 Å². The second kappa shape index (κ2) is 8.86. The van der Waals surface area contributed by atoms with Crippen LogP contribution in [0.2, 0.25) is 0 Å². The summed E-state index contributed by atoms with van der Waals surface area (Å²) in [5.74, 6) is 0.997. The number of hydrogen-bond donors (Lipinski definition) is 1. The number of carbonyl (C=O) groups is 1. The molecule has 0 atom stereocenters. The van der Waals surface area contributed by atoms with Gasteiger partial charge in [0.05, 0.1) is 26.7 Å². The molecule has 0 saturated carbocycles. The normalized spacial score (nSPS) is 10.9. The van der Waals surface area contributed by atoms with Crippen LogP contribution in [0.3, 0.4) is 0 Å². The molecular formula is C22H25N3O5. The van der Waals surface area contributed by atoms with Gasteiger partial charge in [-0.2, -0.15) is 5.10 Å². The summed E-state index contributed by atoms with van der Waals surface area (Å²) in [4.78, 5) is 25.9. The lowest BCUT2D eigenvalue weighted by molar-refractivity contribution is 0.102. The van der Waals surface area contributed by atoms with E-state index in [1.54, 1.807) is 36.4 Å². The van der Waals surface area contributed by atoms with Crippen molar-refractivity contribution < 1.29 is 19.0 Å². The lowest BCUT2D eigenvalue weighted by Gasteiger charge is -2.15. The first-order chi connectivity index (χ1) is 14.4. The van der Waals surface area contributed by atoms with Crippen molar-refractivity contribution in [1.29, 1.82) is 0 Å². The topological polar surface area (TPSA) is 91.7 Å². The quantitative estimate of drug-likeness (QED) is 0.641. The van der Waals surface area contributed by atoms with E-state index in [1.807, 2.05) is 13.8 Å². The lowest BCUT2D eigenvalue weighted by Crippen LogP contribution is -2.29. The van der Waals surface area contributed by atoms with Gasteiger partial charge in [-0.3, -0.25) is 9.59 Å². The molecule has 2 aromatic carbocycles. The number of aromatic nitrogens is 2. The van der Waals surface area contributed by atoms with Crippen LogP contribution in [0.4, 0.5) is 5.69 Å². The third-order valence-corrected chi connectivity index (χ3v) is 4.54. The minimum atomic E-state index is -0.446. The van der Waals surface area contributed by atoms with Crippen LogP contribution >= 0.6 is 0 Å². The van der Waals surface area contributed by atoms with Gasteiger partial charge in [-0.15, -0.1) is 0 Å². The molecule has 1 heterocycles. The zero-order valence-corrected chi connectivity index (χ0v) is 17.7. The van der Waals surface area contributed by atoms with Gasteiger partial charge in [0.1, 0.15) is 0 Å². The highest BCUT2D eigenvalue weighted by atomic mass is 16.5. The molecule has 1 N–H and O–H groups in total. The minimum Gasteiger partial charge on any atom is -0.493 e. The highest BCUT2D eigenvalue weighted by Crippen LogP contribution is 2.40. The lowest BCUT2D eigenvalue weighted by atomic mass is 10.1. The van der Waals surface area contributed by atoms with Crippen molar-refractivity contribution in [3.8, 4) is 17.2 Å². The summed E-state index contributed by atoms with van der Waals surface area (Å²) < 4.78 is 17.3. The summed E-state index contributed by atoms with van der Waals surface area (Å²) in [5, 5.41) is 8.12. The third-order valence-electron chi connectivity index (χ3n) is 4.54. The highest BCUT2D eigenvalue weighted by molar-refractivity contribution is 6.11. The monoisotopic (exact) mass is 411 g/mol. The second-order valence-electron chi connectivity index (χ2n) is 7.14. The van der Waals surface area contributed by atoms with Gasteiger partial charge in [0.25, 0.3) is 11.5 Å². The Kier molecular flexibility index (Phi) is 6.25. The second-order valence-corrected chi connectivity index (χ2v) is 7.14. The molecule has 1 amide bonds. The van der Waals surface area contributed by atoms with Crippen LogP contribution in [0.5, 0.6) is 17.2 Å². The van der Waals surface area contributed by atoms with E-state index in [2.05, 4.69) is 10.4 Å². The van der Waals surface area contributed by atoms with Crippen molar-refractivity contribution in [2.45, 2.75) is 20.4 Å². The van der Waals surface area contributed by atoms with E-state index in [9.17, 15) is 9.59 Å². The molecule has 8 nitrogen and oxygen atoms in total. The fraction of sp³-hybridized carbons (Fsp3) is 0.318. The number of amides is 1. The predicted octanol–water partition coefficient (Wildman–Crippen LogP) is 3.33. The molecule has 0 saturated heterocycles. The van der Waals surface area contributed by atoms with Gasteiger partial charge in [0, 0.05) is 29.8 Å². The molecule has 0 unspecified atom stereocenters.